The van der Waals surface area contributed by atoms with Gasteiger partial charge in [-0.15, -0.1) is 0 Å². The summed E-state index contributed by atoms with van der Waals surface area (Å²) in [4.78, 5) is 19.8. The number of carbonyl (C=O) groups is 1. The zero-order chi connectivity index (χ0) is 17.1. The fourth-order valence-electron chi connectivity index (χ4n) is 2.12. The number of hydrogen-bond acceptors (Lipinski definition) is 4. The van der Waals surface area contributed by atoms with Crippen LogP contribution in [0.25, 0.3) is 11.1 Å². The van der Waals surface area contributed by atoms with Gasteiger partial charge >= 0.3 is 0 Å². The molecule has 0 spiro atoms. The van der Waals surface area contributed by atoms with Crippen LogP contribution in [0.1, 0.15) is 10.4 Å². The Morgan fingerprint density at radius 1 is 0.917 bits per heavy atom. The van der Waals surface area contributed by atoms with Crippen molar-refractivity contribution in [1.29, 1.82) is 0 Å². The first kappa shape index (κ1) is 15.5. The maximum absolute atomic E-state index is 13.2. The Morgan fingerprint density at radius 2 is 1.50 bits per heavy atom. The first-order valence-corrected chi connectivity index (χ1v) is 6.97. The van der Waals surface area contributed by atoms with E-state index in [1.807, 2.05) is 0 Å². The van der Waals surface area contributed by atoms with Gasteiger partial charge in [-0.2, -0.15) is 0 Å². The molecule has 3 aromatic rings. The second-order valence-electron chi connectivity index (χ2n) is 5.02. The van der Waals surface area contributed by atoms with E-state index in [4.69, 9.17) is 5.73 Å². The maximum atomic E-state index is 13.2. The number of nitrogens with zero attached hydrogens (tertiary/aromatic N) is 2. The number of carbonyl (C=O) groups excluding carboxylic acids is 1. The Bertz CT molecular complexity index is 860. The van der Waals surface area contributed by atoms with E-state index in [0.29, 0.717) is 11.8 Å². The SMILES string of the molecule is Nc1ncc(-c2ccc(NC(=O)c3cc(F)cc(F)c3)cc2)cn1. The highest BCUT2D eigenvalue weighted by atomic mass is 19.1. The molecule has 0 aliphatic carbocycles. The van der Waals surface area contributed by atoms with Crippen molar-refractivity contribution in [3.63, 3.8) is 0 Å². The highest BCUT2D eigenvalue weighted by Crippen LogP contribution is 2.21. The Labute approximate surface area is 136 Å². The minimum Gasteiger partial charge on any atom is -0.368 e. The lowest BCUT2D eigenvalue weighted by molar-refractivity contribution is 0.102. The molecule has 0 aliphatic rings. The van der Waals surface area contributed by atoms with E-state index >= 15 is 0 Å². The Balaban J connectivity index is 1.76. The van der Waals surface area contributed by atoms with Gasteiger partial charge in [-0.1, -0.05) is 12.1 Å². The number of nitrogen functional groups attached to an aromatic ring is 1. The van der Waals surface area contributed by atoms with Crippen LogP contribution in [0.5, 0.6) is 0 Å². The zero-order valence-corrected chi connectivity index (χ0v) is 12.3. The van der Waals surface area contributed by atoms with Gasteiger partial charge in [-0.05, 0) is 29.8 Å². The van der Waals surface area contributed by atoms with E-state index in [1.165, 1.54) is 0 Å². The van der Waals surface area contributed by atoms with Crippen LogP contribution >= 0.6 is 0 Å². The molecule has 1 amide bonds. The lowest BCUT2D eigenvalue weighted by Gasteiger charge is -2.07. The lowest BCUT2D eigenvalue weighted by Crippen LogP contribution is -2.12. The van der Waals surface area contributed by atoms with Gasteiger partial charge in [-0.25, -0.2) is 18.7 Å². The van der Waals surface area contributed by atoms with Crippen LogP contribution < -0.4 is 11.1 Å². The summed E-state index contributed by atoms with van der Waals surface area (Å²) in [5.41, 5.74) is 7.44. The molecular formula is C17H12F2N4O. The van der Waals surface area contributed by atoms with Gasteiger partial charge in [0.15, 0.2) is 0 Å². The van der Waals surface area contributed by atoms with Gasteiger partial charge in [-0.3, -0.25) is 4.79 Å². The quantitative estimate of drug-likeness (QED) is 0.774. The molecule has 120 valence electrons. The molecule has 2 aromatic carbocycles. The Hall–Kier alpha value is -3.35. The molecule has 0 aliphatic heterocycles. The second-order valence-corrected chi connectivity index (χ2v) is 5.02. The number of benzene rings is 2. The number of nitrogens with one attached hydrogen (secondary N) is 1. The predicted molar refractivity (Wildman–Crippen MR) is 86.2 cm³/mol. The molecular weight excluding hydrogens is 314 g/mol. The number of rotatable bonds is 3. The van der Waals surface area contributed by atoms with E-state index in [9.17, 15) is 13.6 Å². The minimum atomic E-state index is -0.807. The second kappa shape index (κ2) is 6.41. The van der Waals surface area contributed by atoms with E-state index in [-0.39, 0.29) is 11.5 Å². The monoisotopic (exact) mass is 326 g/mol. The Kier molecular flexibility index (Phi) is 4.15. The van der Waals surface area contributed by atoms with Crippen molar-refractivity contribution in [3.8, 4) is 11.1 Å². The topological polar surface area (TPSA) is 80.9 Å². The van der Waals surface area contributed by atoms with E-state index < -0.39 is 17.5 Å². The maximum Gasteiger partial charge on any atom is 0.255 e. The summed E-state index contributed by atoms with van der Waals surface area (Å²) in [7, 11) is 0. The van der Waals surface area contributed by atoms with Gasteiger partial charge in [0.25, 0.3) is 5.91 Å². The third-order valence-corrected chi connectivity index (χ3v) is 3.27. The summed E-state index contributed by atoms with van der Waals surface area (Å²) in [6, 6.07) is 9.50. The number of aromatic nitrogens is 2. The molecule has 7 heteroatoms. The molecule has 0 saturated carbocycles. The summed E-state index contributed by atoms with van der Waals surface area (Å²) in [5.74, 6) is -2.03. The third kappa shape index (κ3) is 3.52. The van der Waals surface area contributed by atoms with Crippen molar-refractivity contribution >= 4 is 17.5 Å². The molecule has 0 fully saturated rings. The predicted octanol–water partition coefficient (Wildman–Crippen LogP) is 3.26. The first-order valence-electron chi connectivity index (χ1n) is 6.97. The largest absolute Gasteiger partial charge is 0.368 e. The highest BCUT2D eigenvalue weighted by Gasteiger charge is 2.10. The smallest absolute Gasteiger partial charge is 0.255 e. The van der Waals surface area contributed by atoms with Crippen molar-refractivity contribution in [2.45, 2.75) is 0 Å². The Morgan fingerprint density at radius 3 is 2.08 bits per heavy atom. The van der Waals surface area contributed by atoms with Gasteiger partial charge in [0, 0.05) is 35.3 Å². The molecule has 0 saturated heterocycles. The fourth-order valence-corrected chi connectivity index (χ4v) is 2.12. The summed E-state index contributed by atoms with van der Waals surface area (Å²) < 4.78 is 26.3. The number of anilines is 2. The normalized spacial score (nSPS) is 10.4. The fraction of sp³-hybridized carbons (Fsp3) is 0. The van der Waals surface area contributed by atoms with Gasteiger partial charge in [0.05, 0.1) is 0 Å². The zero-order valence-electron chi connectivity index (χ0n) is 12.3. The van der Waals surface area contributed by atoms with Gasteiger partial charge < -0.3 is 11.1 Å². The van der Waals surface area contributed by atoms with Crippen molar-refractivity contribution in [3.05, 3.63) is 72.1 Å². The van der Waals surface area contributed by atoms with Gasteiger partial charge in [0.2, 0.25) is 5.95 Å². The summed E-state index contributed by atoms with van der Waals surface area (Å²) in [5, 5.41) is 2.58. The van der Waals surface area contributed by atoms with Crippen molar-refractivity contribution < 1.29 is 13.6 Å². The lowest BCUT2D eigenvalue weighted by atomic mass is 10.1. The van der Waals surface area contributed by atoms with Crippen LogP contribution in [0.4, 0.5) is 20.4 Å². The number of halogens is 2. The van der Waals surface area contributed by atoms with E-state index in [1.54, 1.807) is 36.7 Å². The summed E-state index contributed by atoms with van der Waals surface area (Å²) in [6.07, 6.45) is 3.18. The van der Waals surface area contributed by atoms with Crippen LogP contribution in [0.15, 0.2) is 54.9 Å². The summed E-state index contributed by atoms with van der Waals surface area (Å²) >= 11 is 0. The molecule has 0 atom stereocenters. The number of amides is 1. The van der Waals surface area contributed by atoms with Crippen molar-refractivity contribution in [2.75, 3.05) is 11.1 Å². The van der Waals surface area contributed by atoms with Crippen molar-refractivity contribution in [1.82, 2.24) is 9.97 Å². The van der Waals surface area contributed by atoms with E-state index in [0.717, 1.165) is 23.3 Å². The molecule has 3 N–H and O–H groups in total. The van der Waals surface area contributed by atoms with Crippen LogP contribution in [-0.2, 0) is 0 Å². The molecule has 24 heavy (non-hydrogen) atoms. The third-order valence-electron chi connectivity index (χ3n) is 3.27. The molecule has 0 radical (unpaired) electrons. The number of nitrogens with two attached hydrogens (primary N) is 1. The highest BCUT2D eigenvalue weighted by molar-refractivity contribution is 6.04. The van der Waals surface area contributed by atoms with Crippen molar-refractivity contribution in [2.24, 2.45) is 0 Å². The average molecular weight is 326 g/mol. The molecule has 5 nitrogen and oxygen atoms in total. The molecule has 0 bridgehead atoms. The standard InChI is InChI=1S/C17H12F2N4O/c18-13-5-11(6-14(19)7-13)16(24)23-15-3-1-10(2-4-15)12-8-21-17(20)22-9-12/h1-9H,(H,23,24)(H2,20,21,22). The summed E-state index contributed by atoms with van der Waals surface area (Å²) in [6.45, 7) is 0. The minimum absolute atomic E-state index is 0.0940. The van der Waals surface area contributed by atoms with E-state index in [2.05, 4.69) is 15.3 Å². The average Bonchev–Trinajstić information content (AvgIpc) is 2.55. The van der Waals surface area contributed by atoms with Gasteiger partial charge in [0.1, 0.15) is 11.6 Å². The first-order chi connectivity index (χ1) is 11.5. The molecule has 1 heterocycles. The van der Waals surface area contributed by atoms with Crippen LogP contribution in [-0.4, -0.2) is 15.9 Å². The molecule has 1 aromatic heterocycles. The molecule has 3 rings (SSSR count). The van der Waals surface area contributed by atoms with Crippen LogP contribution in [0, 0.1) is 11.6 Å². The van der Waals surface area contributed by atoms with Crippen LogP contribution in [0.3, 0.4) is 0 Å². The molecule has 0 unspecified atom stereocenters. The van der Waals surface area contributed by atoms with Crippen LogP contribution in [0.2, 0.25) is 0 Å². The number of hydrogen-bond donors (Lipinski definition) is 2.